The van der Waals surface area contributed by atoms with Crippen LogP contribution < -0.4 is 10.6 Å². The number of carbonyl (C=O) groups excluding carboxylic acids is 2. The molecule has 1 heterocycles. The summed E-state index contributed by atoms with van der Waals surface area (Å²) in [5, 5.41) is 15.0. The molecule has 7 heteroatoms. The molecule has 24 heavy (non-hydrogen) atoms. The average molecular weight is 334 g/mol. The maximum absolute atomic E-state index is 12.4. The third-order valence-corrected chi connectivity index (χ3v) is 4.15. The van der Waals surface area contributed by atoms with Crippen molar-refractivity contribution in [3.8, 4) is 0 Å². The van der Waals surface area contributed by atoms with Gasteiger partial charge in [-0.2, -0.15) is 0 Å². The number of aliphatic hydroxyl groups is 1. The number of rotatable bonds is 5. The molecule has 7 nitrogen and oxygen atoms in total. The van der Waals surface area contributed by atoms with Crippen molar-refractivity contribution in [1.29, 1.82) is 0 Å². The summed E-state index contributed by atoms with van der Waals surface area (Å²) in [4.78, 5) is 27.8. The maximum atomic E-state index is 12.4. The second-order valence-corrected chi connectivity index (χ2v) is 6.07. The van der Waals surface area contributed by atoms with Crippen molar-refractivity contribution in [2.24, 2.45) is 0 Å². The fourth-order valence-corrected chi connectivity index (χ4v) is 2.66. The molecule has 1 saturated heterocycles. The van der Waals surface area contributed by atoms with Crippen molar-refractivity contribution in [3.63, 3.8) is 0 Å². The predicted molar refractivity (Wildman–Crippen MR) is 94.1 cm³/mol. The first-order valence-electron chi connectivity index (χ1n) is 8.30. The minimum Gasteiger partial charge on any atom is -0.395 e. The number of nitrogens with zero attached hydrogens (tertiary/aromatic N) is 2. The zero-order valence-corrected chi connectivity index (χ0v) is 14.3. The second kappa shape index (κ2) is 8.65. The molecule has 0 radical (unpaired) electrons. The Labute approximate surface area is 142 Å². The van der Waals surface area contributed by atoms with Gasteiger partial charge >= 0.3 is 6.03 Å². The van der Waals surface area contributed by atoms with Gasteiger partial charge in [0.2, 0.25) is 5.91 Å². The fraction of sp³-hybridized carbons (Fsp3) is 0.529. The van der Waals surface area contributed by atoms with Crippen LogP contribution in [0.5, 0.6) is 0 Å². The van der Waals surface area contributed by atoms with Crippen molar-refractivity contribution in [2.45, 2.75) is 25.8 Å². The van der Waals surface area contributed by atoms with Crippen LogP contribution in [0.3, 0.4) is 0 Å². The third kappa shape index (κ3) is 4.94. The Bertz CT molecular complexity index is 579. The van der Waals surface area contributed by atoms with Gasteiger partial charge in [0.05, 0.1) is 12.6 Å². The number of piperazine rings is 1. The van der Waals surface area contributed by atoms with E-state index in [9.17, 15) is 14.7 Å². The van der Waals surface area contributed by atoms with E-state index in [0.717, 1.165) is 13.0 Å². The molecule has 0 spiro atoms. The maximum Gasteiger partial charge on any atom is 0.321 e. The number of amides is 3. The number of aliphatic hydroxyl groups excluding tert-OH is 1. The molecule has 0 aliphatic carbocycles. The molecule has 3 amide bonds. The summed E-state index contributed by atoms with van der Waals surface area (Å²) < 4.78 is 0. The van der Waals surface area contributed by atoms with Crippen LogP contribution in [0.25, 0.3) is 0 Å². The largest absolute Gasteiger partial charge is 0.395 e. The molecule has 0 unspecified atom stereocenters. The first kappa shape index (κ1) is 18.2. The first-order chi connectivity index (χ1) is 11.5. The highest BCUT2D eigenvalue weighted by atomic mass is 16.3. The smallest absolute Gasteiger partial charge is 0.321 e. The molecule has 2 rings (SSSR count). The highest BCUT2D eigenvalue weighted by molar-refractivity contribution is 5.93. The first-order valence-corrected chi connectivity index (χ1v) is 8.30. The van der Waals surface area contributed by atoms with Gasteiger partial charge in [-0.1, -0.05) is 13.0 Å². The zero-order chi connectivity index (χ0) is 17.5. The van der Waals surface area contributed by atoms with Crippen LogP contribution >= 0.6 is 0 Å². The number of nitrogens with one attached hydrogen (secondary N) is 2. The molecule has 1 aliphatic heterocycles. The quantitative estimate of drug-likeness (QED) is 0.763. The lowest BCUT2D eigenvalue weighted by atomic mass is 10.2. The molecule has 0 saturated carbocycles. The SMILES string of the molecule is CCCC(=O)Nc1cccc(NC(=O)N2CCN(C)[C@@H](CO)C2)c1. The van der Waals surface area contributed by atoms with Crippen LogP contribution in [0.4, 0.5) is 16.2 Å². The van der Waals surface area contributed by atoms with E-state index in [1.54, 1.807) is 29.2 Å². The van der Waals surface area contributed by atoms with E-state index in [2.05, 4.69) is 10.6 Å². The van der Waals surface area contributed by atoms with Crippen molar-refractivity contribution in [2.75, 3.05) is 43.9 Å². The van der Waals surface area contributed by atoms with E-state index in [1.165, 1.54) is 0 Å². The number of hydrogen-bond acceptors (Lipinski definition) is 4. The Morgan fingerprint density at radius 3 is 2.62 bits per heavy atom. The Morgan fingerprint density at radius 1 is 1.25 bits per heavy atom. The predicted octanol–water partition coefficient (Wildman–Crippen LogP) is 1.57. The minimum atomic E-state index is -0.196. The number of urea groups is 1. The normalized spacial score (nSPS) is 18.3. The summed E-state index contributed by atoms with van der Waals surface area (Å²) in [7, 11) is 1.94. The lowest BCUT2D eigenvalue weighted by molar-refractivity contribution is -0.116. The third-order valence-electron chi connectivity index (χ3n) is 4.15. The topological polar surface area (TPSA) is 84.9 Å². The summed E-state index contributed by atoms with van der Waals surface area (Å²) in [6.07, 6.45) is 1.26. The number of hydrogen-bond donors (Lipinski definition) is 3. The van der Waals surface area contributed by atoms with E-state index < -0.39 is 0 Å². The molecule has 0 aromatic heterocycles. The minimum absolute atomic E-state index is 0.0270. The summed E-state index contributed by atoms with van der Waals surface area (Å²) >= 11 is 0. The van der Waals surface area contributed by atoms with E-state index in [1.807, 2.05) is 18.9 Å². The Hall–Kier alpha value is -2.12. The summed E-state index contributed by atoms with van der Waals surface area (Å²) in [6, 6.07) is 6.87. The van der Waals surface area contributed by atoms with E-state index in [-0.39, 0.29) is 24.6 Å². The lowest BCUT2D eigenvalue weighted by Crippen LogP contribution is -2.55. The van der Waals surface area contributed by atoms with Gasteiger partial charge in [-0.05, 0) is 31.7 Å². The van der Waals surface area contributed by atoms with Gasteiger partial charge in [0.1, 0.15) is 0 Å². The van der Waals surface area contributed by atoms with Crippen LogP contribution in [0.15, 0.2) is 24.3 Å². The van der Waals surface area contributed by atoms with Crippen LogP contribution in [-0.2, 0) is 4.79 Å². The molecule has 3 N–H and O–H groups in total. The summed E-state index contributed by atoms with van der Waals surface area (Å²) in [6.45, 7) is 3.81. The van der Waals surface area contributed by atoms with Crippen molar-refractivity contribution >= 4 is 23.3 Å². The Balaban J connectivity index is 1.95. The number of carbonyl (C=O) groups is 2. The molecule has 1 aromatic rings. The average Bonchev–Trinajstić information content (AvgIpc) is 2.55. The lowest BCUT2D eigenvalue weighted by Gasteiger charge is -2.38. The fourth-order valence-electron chi connectivity index (χ4n) is 2.66. The second-order valence-electron chi connectivity index (χ2n) is 6.07. The van der Waals surface area contributed by atoms with Gasteiger partial charge in [0.25, 0.3) is 0 Å². The van der Waals surface area contributed by atoms with Gasteiger partial charge in [-0.3, -0.25) is 9.69 Å². The van der Waals surface area contributed by atoms with Gasteiger partial charge in [-0.15, -0.1) is 0 Å². The molecule has 1 atom stereocenters. The number of anilines is 2. The molecule has 132 valence electrons. The van der Waals surface area contributed by atoms with Gasteiger partial charge in [-0.25, -0.2) is 4.79 Å². The monoisotopic (exact) mass is 334 g/mol. The van der Waals surface area contributed by atoms with Gasteiger partial charge < -0.3 is 20.6 Å². The van der Waals surface area contributed by atoms with Crippen LogP contribution in [0.1, 0.15) is 19.8 Å². The Kier molecular flexibility index (Phi) is 6.57. The molecule has 0 bridgehead atoms. The standard InChI is InChI=1S/C17H26N4O3/c1-3-5-16(23)18-13-6-4-7-14(10-13)19-17(24)21-9-8-20(2)15(11-21)12-22/h4,6-7,10,15,22H,3,5,8-9,11-12H2,1-2H3,(H,18,23)(H,19,24)/t15-/m1/s1. The van der Waals surface area contributed by atoms with Gasteiger partial charge in [0.15, 0.2) is 0 Å². The van der Waals surface area contributed by atoms with E-state index >= 15 is 0 Å². The summed E-state index contributed by atoms with van der Waals surface area (Å²) in [5.41, 5.74) is 1.30. The molecular weight excluding hydrogens is 308 g/mol. The number of benzene rings is 1. The van der Waals surface area contributed by atoms with E-state index in [0.29, 0.717) is 30.9 Å². The summed E-state index contributed by atoms with van der Waals surface area (Å²) in [5.74, 6) is -0.0363. The van der Waals surface area contributed by atoms with Crippen LogP contribution in [0.2, 0.25) is 0 Å². The number of likely N-dealkylation sites (N-methyl/N-ethyl adjacent to an activating group) is 1. The molecular formula is C17H26N4O3. The zero-order valence-electron chi connectivity index (χ0n) is 14.3. The molecule has 1 aliphatic rings. The molecule has 1 aromatic carbocycles. The van der Waals surface area contributed by atoms with Crippen molar-refractivity contribution < 1.29 is 14.7 Å². The van der Waals surface area contributed by atoms with Crippen molar-refractivity contribution in [3.05, 3.63) is 24.3 Å². The van der Waals surface area contributed by atoms with Gasteiger partial charge in [0, 0.05) is 37.4 Å². The van der Waals surface area contributed by atoms with Crippen molar-refractivity contribution in [1.82, 2.24) is 9.80 Å². The van der Waals surface area contributed by atoms with Crippen LogP contribution in [0, 0.1) is 0 Å². The highest BCUT2D eigenvalue weighted by Gasteiger charge is 2.26. The highest BCUT2D eigenvalue weighted by Crippen LogP contribution is 2.17. The van der Waals surface area contributed by atoms with E-state index in [4.69, 9.17) is 0 Å². The molecule has 1 fully saturated rings. The van der Waals surface area contributed by atoms with Crippen LogP contribution in [-0.4, -0.2) is 66.2 Å². The Morgan fingerprint density at radius 2 is 1.96 bits per heavy atom.